The summed E-state index contributed by atoms with van der Waals surface area (Å²) in [6.07, 6.45) is 1.92. The summed E-state index contributed by atoms with van der Waals surface area (Å²) in [5, 5.41) is 25.7. The van der Waals surface area contributed by atoms with E-state index in [-0.39, 0.29) is 0 Å². The highest BCUT2D eigenvalue weighted by Gasteiger charge is 2.35. The predicted octanol–water partition coefficient (Wildman–Crippen LogP) is 1.10. The van der Waals surface area contributed by atoms with Gasteiger partial charge in [0.2, 0.25) is 0 Å². The summed E-state index contributed by atoms with van der Waals surface area (Å²) in [5.41, 5.74) is -2.07. The molecule has 0 aliphatic rings. The summed E-state index contributed by atoms with van der Waals surface area (Å²) < 4.78 is 0. The van der Waals surface area contributed by atoms with Crippen molar-refractivity contribution in [1.29, 1.82) is 0 Å². The standard InChI is InChI=1S/C16H32N2O4/c1-7-15(21,8-2)11(5)17-13(19)14(20)18-12(6)16(22,9-3)10-4/h11-12,21-22H,7-10H2,1-6H3,(H,17,19)(H,18,20)/t11-,12-/m1/s1. The largest absolute Gasteiger partial charge is 0.388 e. The molecule has 0 bridgehead atoms. The molecule has 0 aliphatic heterocycles. The minimum absolute atomic E-state index is 0.481. The van der Waals surface area contributed by atoms with Gasteiger partial charge in [-0.1, -0.05) is 27.7 Å². The molecule has 2 atom stereocenters. The van der Waals surface area contributed by atoms with Crippen molar-refractivity contribution >= 4 is 11.8 Å². The highest BCUT2D eigenvalue weighted by Crippen LogP contribution is 2.20. The number of aliphatic hydroxyl groups is 2. The first kappa shape index (κ1) is 20.9. The molecule has 0 aromatic heterocycles. The van der Waals surface area contributed by atoms with Crippen LogP contribution in [0.15, 0.2) is 0 Å². The molecule has 0 aromatic carbocycles. The number of nitrogens with one attached hydrogen (secondary N) is 2. The molecule has 22 heavy (non-hydrogen) atoms. The summed E-state index contributed by atoms with van der Waals surface area (Å²) in [4.78, 5) is 23.9. The normalized spacial score (nSPS) is 15.1. The van der Waals surface area contributed by atoms with E-state index < -0.39 is 35.1 Å². The smallest absolute Gasteiger partial charge is 0.309 e. The minimum Gasteiger partial charge on any atom is -0.388 e. The molecule has 0 saturated heterocycles. The first-order chi connectivity index (χ1) is 10.1. The van der Waals surface area contributed by atoms with E-state index in [2.05, 4.69) is 10.6 Å². The fourth-order valence-electron chi connectivity index (χ4n) is 2.52. The fraction of sp³-hybridized carbons (Fsp3) is 0.875. The second kappa shape index (κ2) is 8.48. The maximum Gasteiger partial charge on any atom is 0.309 e. The molecule has 0 saturated carbocycles. The Bertz CT molecular complexity index is 340. The molecule has 0 rings (SSSR count). The van der Waals surface area contributed by atoms with Gasteiger partial charge < -0.3 is 20.8 Å². The Morgan fingerprint density at radius 1 is 0.773 bits per heavy atom. The Kier molecular flexibility index (Phi) is 8.04. The molecule has 0 radical (unpaired) electrons. The van der Waals surface area contributed by atoms with Crippen LogP contribution >= 0.6 is 0 Å². The van der Waals surface area contributed by atoms with Crippen LogP contribution in [-0.2, 0) is 9.59 Å². The maximum atomic E-state index is 12.0. The number of hydrogen-bond donors (Lipinski definition) is 4. The van der Waals surface area contributed by atoms with Crippen LogP contribution in [-0.4, -0.2) is 45.3 Å². The second-order valence-electron chi connectivity index (χ2n) is 6.01. The Morgan fingerprint density at radius 2 is 1.00 bits per heavy atom. The highest BCUT2D eigenvalue weighted by molar-refractivity contribution is 6.35. The topological polar surface area (TPSA) is 98.7 Å². The molecule has 0 heterocycles. The number of carbonyl (C=O) groups is 2. The van der Waals surface area contributed by atoms with Gasteiger partial charge in [0.05, 0.1) is 23.3 Å². The zero-order chi connectivity index (χ0) is 17.6. The average molecular weight is 316 g/mol. The molecule has 0 aliphatic carbocycles. The number of amides is 2. The summed E-state index contributed by atoms with van der Waals surface area (Å²) in [5.74, 6) is -1.59. The zero-order valence-corrected chi connectivity index (χ0v) is 14.7. The van der Waals surface area contributed by atoms with Crippen molar-refractivity contribution in [3.05, 3.63) is 0 Å². The Morgan fingerprint density at radius 3 is 1.18 bits per heavy atom. The minimum atomic E-state index is -1.03. The highest BCUT2D eigenvalue weighted by atomic mass is 16.3. The second-order valence-corrected chi connectivity index (χ2v) is 6.01. The van der Waals surface area contributed by atoms with E-state index in [0.29, 0.717) is 25.7 Å². The lowest BCUT2D eigenvalue weighted by molar-refractivity contribution is -0.142. The zero-order valence-electron chi connectivity index (χ0n) is 14.7. The monoisotopic (exact) mass is 316 g/mol. The van der Waals surface area contributed by atoms with Gasteiger partial charge in [0, 0.05) is 0 Å². The van der Waals surface area contributed by atoms with Crippen molar-refractivity contribution in [2.45, 2.75) is 90.5 Å². The van der Waals surface area contributed by atoms with Crippen molar-refractivity contribution in [1.82, 2.24) is 10.6 Å². The van der Waals surface area contributed by atoms with Crippen LogP contribution in [0.4, 0.5) is 0 Å². The van der Waals surface area contributed by atoms with Crippen LogP contribution in [0, 0.1) is 0 Å². The third kappa shape index (κ3) is 4.95. The number of hydrogen-bond acceptors (Lipinski definition) is 4. The summed E-state index contributed by atoms with van der Waals surface area (Å²) in [6.45, 7) is 10.7. The van der Waals surface area contributed by atoms with E-state index in [9.17, 15) is 19.8 Å². The van der Waals surface area contributed by atoms with Gasteiger partial charge >= 0.3 is 11.8 Å². The lowest BCUT2D eigenvalue weighted by Crippen LogP contribution is -2.57. The van der Waals surface area contributed by atoms with Crippen molar-refractivity contribution in [3.8, 4) is 0 Å². The molecule has 0 aromatic rings. The van der Waals surface area contributed by atoms with Crippen molar-refractivity contribution in [2.24, 2.45) is 0 Å². The van der Waals surface area contributed by atoms with Crippen LogP contribution in [0.3, 0.4) is 0 Å². The molecule has 2 amide bonds. The maximum absolute atomic E-state index is 12.0. The summed E-state index contributed by atoms with van der Waals surface area (Å²) in [7, 11) is 0. The van der Waals surface area contributed by atoms with Crippen LogP contribution in [0.2, 0.25) is 0 Å². The van der Waals surface area contributed by atoms with Gasteiger partial charge in [-0.15, -0.1) is 0 Å². The van der Waals surface area contributed by atoms with Gasteiger partial charge in [-0.3, -0.25) is 9.59 Å². The molecule has 6 heteroatoms. The van der Waals surface area contributed by atoms with E-state index in [1.54, 1.807) is 13.8 Å². The van der Waals surface area contributed by atoms with Gasteiger partial charge in [-0.25, -0.2) is 0 Å². The molecular formula is C16H32N2O4. The lowest BCUT2D eigenvalue weighted by atomic mass is 9.89. The van der Waals surface area contributed by atoms with Gasteiger partial charge in [-0.05, 0) is 39.5 Å². The van der Waals surface area contributed by atoms with Crippen LogP contribution < -0.4 is 10.6 Å². The fourth-order valence-corrected chi connectivity index (χ4v) is 2.52. The van der Waals surface area contributed by atoms with E-state index in [1.165, 1.54) is 0 Å². The van der Waals surface area contributed by atoms with Gasteiger partial charge in [-0.2, -0.15) is 0 Å². The van der Waals surface area contributed by atoms with E-state index in [0.717, 1.165) is 0 Å². The van der Waals surface area contributed by atoms with Gasteiger partial charge in [0.15, 0.2) is 0 Å². The SMILES string of the molecule is CCC(O)(CC)[C@@H](C)NC(=O)C(=O)N[C@H](C)C(O)(CC)CC. The van der Waals surface area contributed by atoms with Gasteiger partial charge in [0.1, 0.15) is 0 Å². The molecule has 0 unspecified atom stereocenters. The van der Waals surface area contributed by atoms with E-state index >= 15 is 0 Å². The molecule has 0 spiro atoms. The lowest BCUT2D eigenvalue weighted by Gasteiger charge is -2.34. The van der Waals surface area contributed by atoms with Crippen LogP contribution in [0.1, 0.15) is 67.2 Å². The van der Waals surface area contributed by atoms with Crippen LogP contribution in [0.5, 0.6) is 0 Å². The van der Waals surface area contributed by atoms with E-state index in [1.807, 2.05) is 27.7 Å². The van der Waals surface area contributed by atoms with Crippen molar-refractivity contribution in [3.63, 3.8) is 0 Å². The Balaban J connectivity index is 4.73. The Hall–Kier alpha value is -1.14. The van der Waals surface area contributed by atoms with Crippen molar-refractivity contribution < 1.29 is 19.8 Å². The summed E-state index contributed by atoms with van der Waals surface area (Å²) >= 11 is 0. The summed E-state index contributed by atoms with van der Waals surface area (Å²) in [6, 6.07) is -1.07. The average Bonchev–Trinajstić information content (AvgIpc) is 2.52. The quantitative estimate of drug-likeness (QED) is 0.504. The molecule has 130 valence electrons. The number of carbonyl (C=O) groups excluding carboxylic acids is 2. The third-order valence-corrected chi connectivity index (χ3v) is 4.96. The molecular weight excluding hydrogens is 284 g/mol. The van der Waals surface area contributed by atoms with Crippen LogP contribution in [0.25, 0.3) is 0 Å². The first-order valence-electron chi connectivity index (χ1n) is 8.16. The van der Waals surface area contributed by atoms with E-state index in [4.69, 9.17) is 0 Å². The van der Waals surface area contributed by atoms with Crippen molar-refractivity contribution in [2.75, 3.05) is 0 Å². The molecule has 6 nitrogen and oxygen atoms in total. The number of rotatable bonds is 8. The van der Waals surface area contributed by atoms with Gasteiger partial charge in [0.25, 0.3) is 0 Å². The molecule has 4 N–H and O–H groups in total. The molecule has 0 fully saturated rings. The third-order valence-electron chi connectivity index (χ3n) is 4.96. The first-order valence-corrected chi connectivity index (χ1v) is 8.16. The Labute approximate surface area is 133 Å². The predicted molar refractivity (Wildman–Crippen MR) is 86.3 cm³/mol.